The van der Waals surface area contributed by atoms with Gasteiger partial charge in [-0.05, 0) is 6.07 Å². The lowest BCUT2D eigenvalue weighted by atomic mass is 10.1. The molecule has 0 bridgehead atoms. The zero-order chi connectivity index (χ0) is 14.1. The Bertz CT molecular complexity index is 474. The highest BCUT2D eigenvalue weighted by Crippen LogP contribution is 2.32. The Kier molecular flexibility index (Phi) is 3.65. The standard InChI is InChI=1S/C9H7F4NO4/c10-4-2-5(14)3(7(15)8(16)17)1-6(4)18-9(11,12)13/h1-2,7,15H,14H2,(H,16,17). The van der Waals surface area contributed by atoms with Crippen LogP contribution in [-0.2, 0) is 4.79 Å². The fourth-order valence-corrected chi connectivity index (χ4v) is 1.16. The molecule has 1 unspecified atom stereocenters. The third-order valence-electron chi connectivity index (χ3n) is 1.89. The number of aliphatic carboxylic acids is 1. The van der Waals surface area contributed by atoms with Gasteiger partial charge in [-0.25, -0.2) is 9.18 Å². The number of rotatable bonds is 3. The molecule has 0 saturated carbocycles. The number of nitrogens with two attached hydrogens (primary N) is 1. The molecule has 1 aromatic carbocycles. The van der Waals surface area contributed by atoms with Crippen molar-refractivity contribution in [3.8, 4) is 5.75 Å². The van der Waals surface area contributed by atoms with E-state index in [1.165, 1.54) is 0 Å². The van der Waals surface area contributed by atoms with Crippen molar-refractivity contribution in [2.45, 2.75) is 12.5 Å². The Balaban J connectivity index is 3.22. The maximum Gasteiger partial charge on any atom is 0.573 e. The first-order chi connectivity index (χ1) is 8.11. The van der Waals surface area contributed by atoms with E-state index in [1.54, 1.807) is 0 Å². The number of benzene rings is 1. The molecular formula is C9H7F4NO4. The van der Waals surface area contributed by atoms with Gasteiger partial charge in [0.05, 0.1) is 0 Å². The quantitative estimate of drug-likeness (QED) is 0.570. The molecule has 0 saturated heterocycles. The number of hydrogen-bond donors (Lipinski definition) is 3. The van der Waals surface area contributed by atoms with E-state index in [9.17, 15) is 22.4 Å². The smallest absolute Gasteiger partial charge is 0.479 e. The van der Waals surface area contributed by atoms with Crippen molar-refractivity contribution in [2.75, 3.05) is 5.73 Å². The summed E-state index contributed by atoms with van der Waals surface area (Å²) in [5.74, 6) is -4.44. The van der Waals surface area contributed by atoms with Crippen molar-refractivity contribution in [2.24, 2.45) is 0 Å². The number of nitrogen functional groups attached to an aromatic ring is 1. The van der Waals surface area contributed by atoms with Gasteiger partial charge in [-0.3, -0.25) is 0 Å². The Morgan fingerprint density at radius 1 is 1.39 bits per heavy atom. The van der Waals surface area contributed by atoms with Crippen LogP contribution in [-0.4, -0.2) is 22.5 Å². The lowest BCUT2D eigenvalue weighted by molar-refractivity contribution is -0.275. The molecule has 0 heterocycles. The number of carboxylic acid groups (broad SMARTS) is 1. The van der Waals surface area contributed by atoms with Crippen LogP contribution in [0.4, 0.5) is 23.2 Å². The van der Waals surface area contributed by atoms with Crippen molar-refractivity contribution in [3.05, 3.63) is 23.5 Å². The van der Waals surface area contributed by atoms with E-state index in [1.807, 2.05) is 0 Å². The minimum Gasteiger partial charge on any atom is -0.479 e. The highest BCUT2D eigenvalue weighted by Gasteiger charge is 2.33. The van der Waals surface area contributed by atoms with Crippen LogP contribution >= 0.6 is 0 Å². The molecule has 1 aromatic rings. The van der Waals surface area contributed by atoms with Crippen molar-refractivity contribution in [1.82, 2.24) is 0 Å². The van der Waals surface area contributed by atoms with Gasteiger partial charge in [0.15, 0.2) is 17.7 Å². The summed E-state index contributed by atoms with van der Waals surface area (Å²) in [4.78, 5) is 10.5. The molecule has 5 nitrogen and oxygen atoms in total. The fraction of sp³-hybridized carbons (Fsp3) is 0.222. The van der Waals surface area contributed by atoms with E-state index < -0.39 is 41.3 Å². The van der Waals surface area contributed by atoms with E-state index in [4.69, 9.17) is 15.9 Å². The average Bonchev–Trinajstić information content (AvgIpc) is 2.19. The number of alkyl halides is 3. The molecule has 0 radical (unpaired) electrons. The van der Waals surface area contributed by atoms with E-state index in [2.05, 4.69) is 4.74 Å². The van der Waals surface area contributed by atoms with Crippen LogP contribution in [0, 0.1) is 5.82 Å². The molecule has 0 fully saturated rings. The SMILES string of the molecule is Nc1cc(F)c(OC(F)(F)F)cc1C(O)C(=O)O. The third-order valence-corrected chi connectivity index (χ3v) is 1.89. The van der Waals surface area contributed by atoms with Gasteiger partial charge in [0.25, 0.3) is 0 Å². The number of hydrogen-bond acceptors (Lipinski definition) is 4. The van der Waals surface area contributed by atoms with Crippen LogP contribution in [0.15, 0.2) is 12.1 Å². The van der Waals surface area contributed by atoms with Crippen molar-refractivity contribution < 1.29 is 37.3 Å². The molecular weight excluding hydrogens is 262 g/mol. The van der Waals surface area contributed by atoms with Crippen molar-refractivity contribution in [3.63, 3.8) is 0 Å². The molecule has 0 amide bonds. The molecule has 0 spiro atoms. The predicted octanol–water partition coefficient (Wildman–Crippen LogP) is 1.42. The molecule has 100 valence electrons. The van der Waals surface area contributed by atoms with Crippen LogP contribution in [0.3, 0.4) is 0 Å². The summed E-state index contributed by atoms with van der Waals surface area (Å²) in [6.45, 7) is 0. The molecule has 1 atom stereocenters. The Hall–Kier alpha value is -2.03. The van der Waals surface area contributed by atoms with E-state index in [0.717, 1.165) is 0 Å². The molecule has 9 heteroatoms. The largest absolute Gasteiger partial charge is 0.573 e. The van der Waals surface area contributed by atoms with Gasteiger partial charge in [-0.2, -0.15) is 0 Å². The Labute approximate surface area is 97.4 Å². The van der Waals surface area contributed by atoms with Crippen molar-refractivity contribution >= 4 is 11.7 Å². The van der Waals surface area contributed by atoms with Gasteiger partial charge >= 0.3 is 12.3 Å². The molecule has 0 aliphatic rings. The van der Waals surface area contributed by atoms with Crippen molar-refractivity contribution in [1.29, 1.82) is 0 Å². The number of anilines is 1. The lowest BCUT2D eigenvalue weighted by Crippen LogP contribution is -2.19. The number of aliphatic hydroxyl groups is 1. The second-order valence-electron chi connectivity index (χ2n) is 3.20. The van der Waals surface area contributed by atoms with Crippen LogP contribution < -0.4 is 10.5 Å². The van der Waals surface area contributed by atoms with E-state index >= 15 is 0 Å². The maximum absolute atomic E-state index is 13.1. The molecule has 4 N–H and O–H groups in total. The summed E-state index contributed by atoms with van der Waals surface area (Å²) in [5, 5.41) is 17.6. The summed E-state index contributed by atoms with van der Waals surface area (Å²) in [5.41, 5.74) is 4.10. The monoisotopic (exact) mass is 269 g/mol. The minimum absolute atomic E-state index is 0.386. The Morgan fingerprint density at radius 2 is 1.94 bits per heavy atom. The average molecular weight is 269 g/mol. The van der Waals surface area contributed by atoms with Gasteiger partial charge in [-0.1, -0.05) is 0 Å². The van der Waals surface area contributed by atoms with E-state index in [-0.39, 0.29) is 0 Å². The topological polar surface area (TPSA) is 92.8 Å². The van der Waals surface area contributed by atoms with Crippen LogP contribution in [0.1, 0.15) is 11.7 Å². The number of carbonyl (C=O) groups is 1. The maximum atomic E-state index is 13.1. The number of halogens is 4. The molecule has 1 rings (SSSR count). The normalized spacial score (nSPS) is 13.2. The second-order valence-corrected chi connectivity index (χ2v) is 3.20. The first kappa shape index (κ1) is 14.0. The zero-order valence-electron chi connectivity index (χ0n) is 8.53. The van der Waals surface area contributed by atoms with Crippen LogP contribution in [0.25, 0.3) is 0 Å². The van der Waals surface area contributed by atoms with Crippen LogP contribution in [0.2, 0.25) is 0 Å². The van der Waals surface area contributed by atoms with Gasteiger partial charge < -0.3 is 20.7 Å². The van der Waals surface area contributed by atoms with Gasteiger partial charge in [0, 0.05) is 17.3 Å². The van der Waals surface area contributed by atoms with Gasteiger partial charge in [-0.15, -0.1) is 13.2 Å². The summed E-state index contributed by atoms with van der Waals surface area (Å²) >= 11 is 0. The molecule has 0 aliphatic heterocycles. The molecule has 18 heavy (non-hydrogen) atoms. The first-order valence-electron chi connectivity index (χ1n) is 4.37. The molecule has 0 aliphatic carbocycles. The summed E-state index contributed by atoms with van der Waals surface area (Å²) in [7, 11) is 0. The van der Waals surface area contributed by atoms with E-state index in [0.29, 0.717) is 12.1 Å². The lowest BCUT2D eigenvalue weighted by Gasteiger charge is -2.14. The zero-order valence-corrected chi connectivity index (χ0v) is 8.53. The first-order valence-corrected chi connectivity index (χ1v) is 4.37. The van der Waals surface area contributed by atoms with Crippen LogP contribution in [0.5, 0.6) is 5.75 Å². The minimum atomic E-state index is -5.15. The number of carboxylic acids is 1. The summed E-state index contributed by atoms with van der Waals surface area (Å²) < 4.78 is 52.2. The fourth-order valence-electron chi connectivity index (χ4n) is 1.16. The predicted molar refractivity (Wildman–Crippen MR) is 50.1 cm³/mol. The third kappa shape index (κ3) is 3.23. The van der Waals surface area contributed by atoms with Gasteiger partial charge in [0.1, 0.15) is 0 Å². The number of ether oxygens (including phenoxy) is 1. The molecule has 0 aromatic heterocycles. The highest BCUT2D eigenvalue weighted by molar-refractivity contribution is 5.77. The summed E-state index contributed by atoms with van der Waals surface area (Å²) in [6.07, 6.45) is -7.33. The van der Waals surface area contributed by atoms with Gasteiger partial charge in [0.2, 0.25) is 0 Å². The summed E-state index contributed by atoms with van der Waals surface area (Å²) in [6, 6.07) is 0.819. The second kappa shape index (κ2) is 4.69. The highest BCUT2D eigenvalue weighted by atomic mass is 19.4. The Morgan fingerprint density at radius 3 is 2.39 bits per heavy atom. The number of aliphatic hydroxyl groups excluding tert-OH is 1.